The fourth-order valence-electron chi connectivity index (χ4n) is 2.98. The molecule has 4 rings (SSSR count). The number of halogens is 1. The lowest BCUT2D eigenvalue weighted by Crippen LogP contribution is -2.24. The van der Waals surface area contributed by atoms with Gasteiger partial charge in [-0.15, -0.1) is 0 Å². The zero-order valence-corrected chi connectivity index (χ0v) is 14.4. The summed E-state index contributed by atoms with van der Waals surface area (Å²) >= 11 is 0. The number of carbonyl (C=O) groups excluding carboxylic acids is 2. The largest absolute Gasteiger partial charge is 0.489 e. The van der Waals surface area contributed by atoms with Crippen molar-refractivity contribution in [1.82, 2.24) is 9.88 Å². The Bertz CT molecular complexity index is 1150. The van der Waals surface area contributed by atoms with E-state index in [4.69, 9.17) is 10.5 Å². The number of anilines is 1. The van der Waals surface area contributed by atoms with Crippen LogP contribution in [-0.2, 0) is 6.61 Å². The fraction of sp³-hybridized carbons (Fsp3) is 0.0500. The Hall–Kier alpha value is -3.94. The highest BCUT2D eigenvalue weighted by atomic mass is 19.1. The van der Waals surface area contributed by atoms with Gasteiger partial charge < -0.3 is 10.5 Å². The zero-order valence-electron chi connectivity index (χ0n) is 14.4. The number of aromatic nitrogens is 1. The number of nitrogen functional groups attached to an aromatic ring is 1. The maximum atomic E-state index is 12.9. The highest BCUT2D eigenvalue weighted by Gasteiger charge is 2.31. The molecule has 0 bridgehead atoms. The Balaban J connectivity index is 1.60. The third kappa shape index (κ3) is 3.01. The number of imide groups is 1. The Morgan fingerprint density at radius 1 is 0.964 bits per heavy atom. The number of benzene rings is 2. The van der Waals surface area contributed by atoms with Crippen LogP contribution in [0.5, 0.6) is 5.75 Å². The molecule has 7 nitrogen and oxygen atoms in total. The molecule has 3 N–H and O–H groups in total. The van der Waals surface area contributed by atoms with Gasteiger partial charge in [-0.3, -0.25) is 24.3 Å². The van der Waals surface area contributed by atoms with E-state index in [-0.39, 0.29) is 29.4 Å². The van der Waals surface area contributed by atoms with Crippen molar-refractivity contribution in [2.24, 2.45) is 0 Å². The summed E-state index contributed by atoms with van der Waals surface area (Å²) in [6.45, 7) is 0.253. The summed E-state index contributed by atoms with van der Waals surface area (Å²) in [6, 6.07) is 13.5. The topological polar surface area (TPSA) is 103 Å². The molecule has 1 aliphatic heterocycles. The van der Waals surface area contributed by atoms with Crippen LogP contribution in [0.4, 0.5) is 10.2 Å². The normalized spacial score (nSPS) is 12.6. The molecule has 0 spiro atoms. The molecule has 2 heterocycles. The number of fused-ring (bicyclic) bond motifs is 1. The molecule has 8 heteroatoms. The first-order chi connectivity index (χ1) is 13.4. The molecule has 2 aromatic carbocycles. The number of pyridine rings is 1. The molecule has 0 fully saturated rings. The van der Waals surface area contributed by atoms with Gasteiger partial charge in [0.05, 0.1) is 16.8 Å². The monoisotopic (exact) mass is 379 g/mol. The van der Waals surface area contributed by atoms with Crippen LogP contribution in [0.25, 0.3) is 5.69 Å². The Labute approximate surface area is 158 Å². The lowest BCUT2D eigenvalue weighted by molar-refractivity contribution is 0.0880. The molecule has 3 aromatic rings. The summed E-state index contributed by atoms with van der Waals surface area (Å²) in [7, 11) is 0. The summed E-state index contributed by atoms with van der Waals surface area (Å²) < 4.78 is 19.7. The maximum absolute atomic E-state index is 12.9. The first-order valence-corrected chi connectivity index (χ1v) is 8.33. The summed E-state index contributed by atoms with van der Waals surface area (Å²) in [5.41, 5.74) is 6.66. The molecule has 0 radical (unpaired) electrons. The van der Waals surface area contributed by atoms with Crippen LogP contribution in [0, 0.1) is 5.82 Å². The SMILES string of the molecule is Nc1c2c(cc(=O)n1-c1ccc(OCc3ccc(F)cc3)cc1)C(=O)NC2=O. The third-order valence-electron chi connectivity index (χ3n) is 4.37. The van der Waals surface area contributed by atoms with Crippen molar-refractivity contribution in [3.05, 3.63) is 87.5 Å². The molecule has 1 aromatic heterocycles. The predicted molar refractivity (Wildman–Crippen MR) is 99.0 cm³/mol. The van der Waals surface area contributed by atoms with Crippen LogP contribution in [0.2, 0.25) is 0 Å². The van der Waals surface area contributed by atoms with Crippen LogP contribution >= 0.6 is 0 Å². The van der Waals surface area contributed by atoms with Gasteiger partial charge in [-0.05, 0) is 42.0 Å². The Morgan fingerprint density at radius 2 is 1.64 bits per heavy atom. The standard InChI is InChI=1S/C20H14FN3O4/c21-12-3-1-11(2-4-12)10-28-14-7-5-13(6-8-14)24-16(25)9-15-17(18(24)22)20(27)23-19(15)26/h1-9H,10,22H2,(H,23,26,27). The Morgan fingerprint density at radius 3 is 2.32 bits per heavy atom. The molecule has 0 aliphatic carbocycles. The first kappa shape index (κ1) is 17.5. The van der Waals surface area contributed by atoms with Crippen molar-refractivity contribution in [1.29, 1.82) is 0 Å². The van der Waals surface area contributed by atoms with Gasteiger partial charge >= 0.3 is 0 Å². The van der Waals surface area contributed by atoms with Gasteiger partial charge in [-0.1, -0.05) is 12.1 Å². The first-order valence-electron chi connectivity index (χ1n) is 8.33. The minimum absolute atomic E-state index is 0.0127. The maximum Gasteiger partial charge on any atom is 0.262 e. The average molecular weight is 379 g/mol. The van der Waals surface area contributed by atoms with Crippen molar-refractivity contribution < 1.29 is 18.7 Å². The van der Waals surface area contributed by atoms with Crippen LogP contribution in [0.3, 0.4) is 0 Å². The minimum Gasteiger partial charge on any atom is -0.489 e. The minimum atomic E-state index is -0.638. The second-order valence-corrected chi connectivity index (χ2v) is 6.18. The van der Waals surface area contributed by atoms with E-state index in [0.29, 0.717) is 11.4 Å². The molecule has 0 unspecified atom stereocenters. The summed E-state index contributed by atoms with van der Waals surface area (Å²) in [4.78, 5) is 36.0. The molecule has 28 heavy (non-hydrogen) atoms. The summed E-state index contributed by atoms with van der Waals surface area (Å²) in [6.07, 6.45) is 0. The van der Waals surface area contributed by atoms with Gasteiger partial charge in [0.1, 0.15) is 24.0 Å². The third-order valence-corrected chi connectivity index (χ3v) is 4.37. The van der Waals surface area contributed by atoms with Gasteiger partial charge in [0, 0.05) is 6.07 Å². The van der Waals surface area contributed by atoms with Crippen LogP contribution in [-0.4, -0.2) is 16.4 Å². The molecule has 0 atom stereocenters. The highest BCUT2D eigenvalue weighted by Crippen LogP contribution is 2.24. The van der Waals surface area contributed by atoms with E-state index >= 15 is 0 Å². The van der Waals surface area contributed by atoms with Crippen molar-refractivity contribution in [3.63, 3.8) is 0 Å². The fourth-order valence-corrected chi connectivity index (χ4v) is 2.98. The zero-order chi connectivity index (χ0) is 19.8. The van der Waals surface area contributed by atoms with Gasteiger partial charge in [0.2, 0.25) is 0 Å². The molecular formula is C20H14FN3O4. The van der Waals surface area contributed by atoms with Gasteiger partial charge in [-0.25, -0.2) is 4.39 Å². The van der Waals surface area contributed by atoms with Crippen LogP contribution < -0.4 is 21.3 Å². The van der Waals surface area contributed by atoms with Crippen LogP contribution in [0.15, 0.2) is 59.4 Å². The molecule has 140 valence electrons. The van der Waals surface area contributed by atoms with E-state index in [1.54, 1.807) is 36.4 Å². The summed E-state index contributed by atoms with van der Waals surface area (Å²) in [5, 5.41) is 2.12. The second kappa shape index (κ2) is 6.66. The highest BCUT2D eigenvalue weighted by molar-refractivity contribution is 6.23. The smallest absolute Gasteiger partial charge is 0.262 e. The van der Waals surface area contributed by atoms with E-state index in [2.05, 4.69) is 5.32 Å². The number of hydrogen-bond donors (Lipinski definition) is 2. The van der Waals surface area contributed by atoms with E-state index in [9.17, 15) is 18.8 Å². The predicted octanol–water partition coefficient (Wildman–Crippen LogP) is 2.02. The second-order valence-electron chi connectivity index (χ2n) is 6.18. The van der Waals surface area contributed by atoms with Crippen molar-refractivity contribution in [2.75, 3.05) is 5.73 Å². The Kier molecular flexibility index (Phi) is 4.15. The lowest BCUT2D eigenvalue weighted by atomic mass is 10.1. The van der Waals surface area contributed by atoms with E-state index < -0.39 is 17.4 Å². The quantitative estimate of drug-likeness (QED) is 0.675. The average Bonchev–Trinajstić information content (AvgIpc) is 2.96. The molecule has 1 aliphatic rings. The number of amides is 2. The number of carbonyl (C=O) groups is 2. The van der Waals surface area contributed by atoms with Crippen molar-refractivity contribution in [2.45, 2.75) is 6.61 Å². The number of nitrogens with one attached hydrogen (secondary N) is 1. The van der Waals surface area contributed by atoms with E-state index in [1.807, 2.05) is 0 Å². The molecule has 0 saturated heterocycles. The van der Waals surface area contributed by atoms with E-state index in [1.165, 1.54) is 12.1 Å². The molecule has 0 saturated carbocycles. The molecule has 2 amide bonds. The number of hydrogen-bond acceptors (Lipinski definition) is 5. The number of ether oxygens (including phenoxy) is 1. The van der Waals surface area contributed by atoms with Crippen molar-refractivity contribution >= 4 is 17.6 Å². The lowest BCUT2D eigenvalue weighted by Gasteiger charge is -2.13. The van der Waals surface area contributed by atoms with Gasteiger partial charge in [0.15, 0.2) is 0 Å². The van der Waals surface area contributed by atoms with Crippen molar-refractivity contribution in [3.8, 4) is 11.4 Å². The number of rotatable bonds is 4. The van der Waals surface area contributed by atoms with Gasteiger partial charge in [-0.2, -0.15) is 0 Å². The number of nitrogens with zero attached hydrogens (tertiary/aromatic N) is 1. The molecular weight excluding hydrogens is 365 g/mol. The van der Waals surface area contributed by atoms with Crippen LogP contribution in [0.1, 0.15) is 26.3 Å². The summed E-state index contributed by atoms with van der Waals surface area (Å²) in [5.74, 6) is -1.16. The number of nitrogens with two attached hydrogens (primary N) is 1. The van der Waals surface area contributed by atoms with Gasteiger partial charge in [0.25, 0.3) is 17.4 Å². The van der Waals surface area contributed by atoms with E-state index in [0.717, 1.165) is 16.2 Å².